The molecule has 1 atom stereocenters. The van der Waals surface area contributed by atoms with Crippen LogP contribution in [0.3, 0.4) is 0 Å². The average Bonchev–Trinajstić information content (AvgIpc) is 2.77. The highest BCUT2D eigenvalue weighted by Gasteiger charge is 2.18. The topological polar surface area (TPSA) is 68.7 Å². The lowest BCUT2D eigenvalue weighted by Gasteiger charge is -2.34. The van der Waals surface area contributed by atoms with E-state index in [1.54, 1.807) is 12.4 Å². The Morgan fingerprint density at radius 2 is 1.86 bits per heavy atom. The fourth-order valence-corrected chi connectivity index (χ4v) is 3.52. The molecular weight excluding hydrogens is 362 g/mol. The second kappa shape index (κ2) is 10.8. The molecule has 1 aliphatic heterocycles. The van der Waals surface area contributed by atoms with Gasteiger partial charge in [-0.05, 0) is 24.5 Å². The molecule has 1 fully saturated rings. The summed E-state index contributed by atoms with van der Waals surface area (Å²) in [6.07, 6.45) is 3.61. The number of nitrogens with one attached hydrogen (secondary N) is 2. The molecule has 1 unspecified atom stereocenters. The minimum absolute atomic E-state index is 0.432. The highest BCUT2D eigenvalue weighted by molar-refractivity contribution is 5.79. The van der Waals surface area contributed by atoms with Gasteiger partial charge in [-0.25, -0.2) is 9.97 Å². The summed E-state index contributed by atoms with van der Waals surface area (Å²) in [5.74, 6) is 2.13. The number of rotatable bonds is 7. The van der Waals surface area contributed by atoms with Crippen LogP contribution in [0.2, 0.25) is 0 Å². The first kappa shape index (κ1) is 21.0. The van der Waals surface area contributed by atoms with Crippen LogP contribution in [-0.2, 0) is 0 Å². The number of piperazine rings is 1. The van der Waals surface area contributed by atoms with Gasteiger partial charge in [0.05, 0.1) is 0 Å². The smallest absolute Gasteiger partial charge is 0.225 e. The summed E-state index contributed by atoms with van der Waals surface area (Å²) in [6.45, 7) is 11.1. The zero-order valence-corrected chi connectivity index (χ0v) is 17.8. The van der Waals surface area contributed by atoms with E-state index in [-0.39, 0.29) is 0 Å². The number of anilines is 1. The highest BCUT2D eigenvalue weighted by Crippen LogP contribution is 2.15. The standard InChI is InChI=1S/C22H33N7/c1-18-6-4-7-20(16-18)19(2)17-27-21(23-3)24-10-11-28-12-14-29(15-13-28)22-25-8-5-9-26-22/h4-9,16,19H,10-15,17H2,1-3H3,(H2,23,24,27). The van der Waals surface area contributed by atoms with Crippen LogP contribution in [0, 0.1) is 6.92 Å². The molecule has 1 aromatic carbocycles. The molecule has 7 nitrogen and oxygen atoms in total. The summed E-state index contributed by atoms with van der Waals surface area (Å²) >= 11 is 0. The number of aryl methyl sites for hydroxylation is 1. The van der Waals surface area contributed by atoms with Crippen LogP contribution in [0.25, 0.3) is 0 Å². The maximum Gasteiger partial charge on any atom is 0.225 e. The molecule has 2 heterocycles. The summed E-state index contributed by atoms with van der Waals surface area (Å²) in [4.78, 5) is 17.8. The molecule has 7 heteroatoms. The molecule has 0 saturated carbocycles. The van der Waals surface area contributed by atoms with Crippen molar-refractivity contribution in [2.75, 3.05) is 57.8 Å². The Balaban J connectivity index is 1.35. The van der Waals surface area contributed by atoms with Crippen LogP contribution in [0.4, 0.5) is 5.95 Å². The van der Waals surface area contributed by atoms with Gasteiger partial charge in [-0.1, -0.05) is 36.8 Å². The molecule has 29 heavy (non-hydrogen) atoms. The molecular formula is C22H33N7. The van der Waals surface area contributed by atoms with Gasteiger partial charge in [-0.15, -0.1) is 0 Å². The Morgan fingerprint density at radius 1 is 1.10 bits per heavy atom. The van der Waals surface area contributed by atoms with E-state index in [2.05, 4.69) is 73.5 Å². The second-order valence-corrected chi connectivity index (χ2v) is 7.57. The van der Waals surface area contributed by atoms with E-state index in [0.717, 1.165) is 57.7 Å². The summed E-state index contributed by atoms with van der Waals surface area (Å²) in [5.41, 5.74) is 2.66. The zero-order valence-electron chi connectivity index (χ0n) is 17.8. The quantitative estimate of drug-likeness (QED) is 0.551. The van der Waals surface area contributed by atoms with Gasteiger partial charge in [-0.2, -0.15) is 0 Å². The van der Waals surface area contributed by atoms with Crippen LogP contribution in [0.15, 0.2) is 47.7 Å². The van der Waals surface area contributed by atoms with E-state index in [1.165, 1.54) is 11.1 Å². The highest BCUT2D eigenvalue weighted by atomic mass is 15.3. The molecule has 0 amide bonds. The first-order chi connectivity index (χ1) is 14.2. The zero-order chi connectivity index (χ0) is 20.5. The summed E-state index contributed by atoms with van der Waals surface area (Å²) in [7, 11) is 1.82. The number of guanidine groups is 1. The first-order valence-electron chi connectivity index (χ1n) is 10.4. The Kier molecular flexibility index (Phi) is 7.81. The van der Waals surface area contributed by atoms with Crippen molar-refractivity contribution in [1.82, 2.24) is 25.5 Å². The lowest BCUT2D eigenvalue weighted by molar-refractivity contribution is 0.260. The van der Waals surface area contributed by atoms with E-state index in [9.17, 15) is 0 Å². The largest absolute Gasteiger partial charge is 0.356 e. The van der Waals surface area contributed by atoms with E-state index < -0.39 is 0 Å². The van der Waals surface area contributed by atoms with Gasteiger partial charge < -0.3 is 15.5 Å². The molecule has 2 N–H and O–H groups in total. The van der Waals surface area contributed by atoms with Crippen molar-refractivity contribution in [3.8, 4) is 0 Å². The lowest BCUT2D eigenvalue weighted by atomic mass is 9.99. The molecule has 2 aromatic rings. The van der Waals surface area contributed by atoms with Gasteiger partial charge in [-0.3, -0.25) is 9.89 Å². The molecule has 156 valence electrons. The monoisotopic (exact) mass is 395 g/mol. The molecule has 1 saturated heterocycles. The average molecular weight is 396 g/mol. The van der Waals surface area contributed by atoms with Gasteiger partial charge in [0, 0.05) is 65.3 Å². The summed E-state index contributed by atoms with van der Waals surface area (Å²) < 4.78 is 0. The number of hydrogen-bond acceptors (Lipinski definition) is 5. The minimum atomic E-state index is 0.432. The molecule has 0 aliphatic carbocycles. The number of aromatic nitrogens is 2. The minimum Gasteiger partial charge on any atom is -0.356 e. The van der Waals surface area contributed by atoms with Crippen LogP contribution in [0.5, 0.6) is 0 Å². The molecule has 0 spiro atoms. The van der Waals surface area contributed by atoms with Crippen LogP contribution in [0.1, 0.15) is 24.0 Å². The van der Waals surface area contributed by atoms with E-state index >= 15 is 0 Å². The molecule has 0 bridgehead atoms. The van der Waals surface area contributed by atoms with Crippen molar-refractivity contribution < 1.29 is 0 Å². The molecule has 3 rings (SSSR count). The van der Waals surface area contributed by atoms with E-state index in [4.69, 9.17) is 0 Å². The summed E-state index contributed by atoms with van der Waals surface area (Å²) in [6, 6.07) is 10.6. The predicted molar refractivity (Wildman–Crippen MR) is 120 cm³/mol. The Labute approximate surface area is 174 Å². The number of aliphatic imine (C=N–C) groups is 1. The molecule has 1 aliphatic rings. The van der Waals surface area contributed by atoms with Gasteiger partial charge in [0.2, 0.25) is 5.95 Å². The fourth-order valence-electron chi connectivity index (χ4n) is 3.52. The maximum atomic E-state index is 4.36. The predicted octanol–water partition coefficient (Wildman–Crippen LogP) is 1.88. The van der Waals surface area contributed by atoms with Crippen LogP contribution >= 0.6 is 0 Å². The number of nitrogens with zero attached hydrogens (tertiary/aromatic N) is 5. The van der Waals surface area contributed by atoms with Gasteiger partial charge >= 0.3 is 0 Å². The van der Waals surface area contributed by atoms with Crippen molar-refractivity contribution in [2.24, 2.45) is 4.99 Å². The third-order valence-electron chi connectivity index (χ3n) is 5.34. The van der Waals surface area contributed by atoms with E-state index in [0.29, 0.717) is 5.92 Å². The Hall–Kier alpha value is -2.67. The van der Waals surface area contributed by atoms with Gasteiger partial charge in [0.15, 0.2) is 5.96 Å². The number of hydrogen-bond donors (Lipinski definition) is 2. The Bertz CT molecular complexity index is 770. The van der Waals surface area contributed by atoms with Crippen LogP contribution in [-0.4, -0.2) is 73.7 Å². The van der Waals surface area contributed by atoms with Crippen LogP contribution < -0.4 is 15.5 Å². The van der Waals surface area contributed by atoms with Gasteiger partial charge in [0.25, 0.3) is 0 Å². The van der Waals surface area contributed by atoms with Crippen molar-refractivity contribution in [1.29, 1.82) is 0 Å². The molecule has 1 aromatic heterocycles. The van der Waals surface area contributed by atoms with Crippen molar-refractivity contribution in [3.05, 3.63) is 53.9 Å². The fraction of sp³-hybridized carbons (Fsp3) is 0.500. The normalized spacial score (nSPS) is 16.5. The van der Waals surface area contributed by atoms with Crippen molar-refractivity contribution >= 4 is 11.9 Å². The van der Waals surface area contributed by atoms with Crippen molar-refractivity contribution in [3.63, 3.8) is 0 Å². The lowest BCUT2D eigenvalue weighted by Crippen LogP contribution is -2.49. The summed E-state index contributed by atoms with van der Waals surface area (Å²) in [5, 5.41) is 6.89. The number of benzene rings is 1. The SMILES string of the molecule is CN=C(NCCN1CCN(c2ncccn2)CC1)NCC(C)c1cccc(C)c1. The van der Waals surface area contributed by atoms with Crippen molar-refractivity contribution in [2.45, 2.75) is 19.8 Å². The van der Waals surface area contributed by atoms with Gasteiger partial charge in [0.1, 0.15) is 0 Å². The second-order valence-electron chi connectivity index (χ2n) is 7.57. The third kappa shape index (κ3) is 6.42. The van der Waals surface area contributed by atoms with E-state index in [1.807, 2.05) is 13.1 Å². The first-order valence-corrected chi connectivity index (χ1v) is 10.4. The molecule has 0 radical (unpaired) electrons. The Morgan fingerprint density at radius 3 is 2.55 bits per heavy atom. The maximum absolute atomic E-state index is 4.36. The third-order valence-corrected chi connectivity index (χ3v) is 5.34.